The molecule has 2 fully saturated rings. The van der Waals surface area contributed by atoms with Crippen LogP contribution in [0.1, 0.15) is 32.6 Å². The molecule has 0 spiro atoms. The predicted octanol–water partition coefficient (Wildman–Crippen LogP) is 2.15. The standard InChI is InChI=1S/C25H37Cl2N7O2/c1-18-16-34(20-4-5-21(26)22(27)15-20)31-25(18)30-23(35)3-2-8-29-24(36)17-32-11-13-33(14-12-32)19-6-9-28-10-7-19/h4-5,15,18-19,28H,2-3,6-14,16-17H2,1H3,(H,29,36)(H,30,31,35). The highest BCUT2D eigenvalue weighted by Crippen LogP contribution is 2.29. The Balaban J connectivity index is 1.11. The Morgan fingerprint density at radius 3 is 2.56 bits per heavy atom. The number of benzene rings is 1. The molecule has 2 saturated heterocycles. The molecule has 1 atom stereocenters. The number of amidine groups is 1. The third kappa shape index (κ3) is 7.55. The molecule has 3 N–H and O–H groups in total. The number of anilines is 1. The van der Waals surface area contributed by atoms with Gasteiger partial charge in [-0.2, -0.15) is 5.10 Å². The van der Waals surface area contributed by atoms with E-state index in [-0.39, 0.29) is 17.7 Å². The van der Waals surface area contributed by atoms with E-state index in [0.717, 1.165) is 45.0 Å². The van der Waals surface area contributed by atoms with Crippen molar-refractivity contribution < 1.29 is 9.59 Å². The number of halogens is 2. The van der Waals surface area contributed by atoms with Crippen molar-refractivity contribution in [3.8, 4) is 0 Å². The number of nitrogens with one attached hydrogen (secondary N) is 3. The van der Waals surface area contributed by atoms with Gasteiger partial charge in [0.1, 0.15) is 5.84 Å². The summed E-state index contributed by atoms with van der Waals surface area (Å²) in [6.07, 6.45) is 3.35. The van der Waals surface area contributed by atoms with Gasteiger partial charge in [0.25, 0.3) is 0 Å². The lowest BCUT2D eigenvalue weighted by Crippen LogP contribution is -2.54. The highest BCUT2D eigenvalue weighted by molar-refractivity contribution is 6.42. The molecule has 4 rings (SSSR count). The summed E-state index contributed by atoms with van der Waals surface area (Å²) in [5.41, 5.74) is 0.830. The van der Waals surface area contributed by atoms with Gasteiger partial charge in [0.05, 0.1) is 28.8 Å². The second-order valence-corrected chi connectivity index (χ2v) is 10.7. The van der Waals surface area contributed by atoms with Gasteiger partial charge in [-0.1, -0.05) is 30.1 Å². The first-order valence-electron chi connectivity index (χ1n) is 12.9. The molecule has 0 aliphatic carbocycles. The smallest absolute Gasteiger partial charge is 0.234 e. The molecule has 36 heavy (non-hydrogen) atoms. The topological polar surface area (TPSA) is 92.3 Å². The Labute approximate surface area is 223 Å². The third-order valence-electron chi connectivity index (χ3n) is 7.11. The van der Waals surface area contributed by atoms with E-state index in [1.807, 2.05) is 18.0 Å². The van der Waals surface area contributed by atoms with Crippen molar-refractivity contribution >= 4 is 46.5 Å². The normalized spacial score (nSPS) is 21.9. The van der Waals surface area contributed by atoms with E-state index in [1.165, 1.54) is 12.8 Å². The molecular formula is C25H37Cl2N7O2. The Morgan fingerprint density at radius 2 is 1.83 bits per heavy atom. The van der Waals surface area contributed by atoms with Gasteiger partial charge in [-0.25, -0.2) is 0 Å². The number of carbonyl (C=O) groups excluding carboxylic acids is 2. The van der Waals surface area contributed by atoms with Gasteiger partial charge in [0, 0.05) is 51.1 Å². The van der Waals surface area contributed by atoms with Gasteiger partial charge in [-0.15, -0.1) is 0 Å². The summed E-state index contributed by atoms with van der Waals surface area (Å²) in [5.74, 6) is 0.647. The summed E-state index contributed by atoms with van der Waals surface area (Å²) in [7, 11) is 0. The van der Waals surface area contributed by atoms with Gasteiger partial charge >= 0.3 is 0 Å². The lowest BCUT2D eigenvalue weighted by molar-refractivity contribution is -0.123. The van der Waals surface area contributed by atoms with Crippen molar-refractivity contribution in [1.29, 1.82) is 0 Å². The SMILES string of the molecule is CC1CN(c2ccc(Cl)c(Cl)c2)N=C1NC(=O)CCCNC(=O)CN1CCN(C2CCNCC2)CC1. The zero-order valence-corrected chi connectivity index (χ0v) is 22.5. The van der Waals surface area contributed by atoms with E-state index < -0.39 is 0 Å². The van der Waals surface area contributed by atoms with Crippen LogP contribution in [0.15, 0.2) is 23.3 Å². The van der Waals surface area contributed by atoms with Crippen LogP contribution < -0.4 is 21.0 Å². The van der Waals surface area contributed by atoms with Crippen LogP contribution in [0, 0.1) is 5.92 Å². The first-order chi connectivity index (χ1) is 17.4. The summed E-state index contributed by atoms with van der Waals surface area (Å²) in [5, 5.41) is 16.6. The number of piperazine rings is 1. The molecule has 0 saturated carbocycles. The second kappa shape index (κ2) is 13.1. The molecule has 198 valence electrons. The van der Waals surface area contributed by atoms with Crippen molar-refractivity contribution in [1.82, 2.24) is 25.8 Å². The Hall–Kier alpha value is -1.91. The highest BCUT2D eigenvalue weighted by atomic mass is 35.5. The highest BCUT2D eigenvalue weighted by Gasteiger charge is 2.27. The second-order valence-electron chi connectivity index (χ2n) is 9.86. The first kappa shape index (κ1) is 27.1. The monoisotopic (exact) mass is 537 g/mol. The zero-order chi connectivity index (χ0) is 25.5. The van der Waals surface area contributed by atoms with Crippen molar-refractivity contribution in [2.24, 2.45) is 11.0 Å². The van der Waals surface area contributed by atoms with Gasteiger partial charge in [0.15, 0.2) is 0 Å². The van der Waals surface area contributed by atoms with Crippen LogP contribution in [0.2, 0.25) is 10.0 Å². The summed E-state index contributed by atoms with van der Waals surface area (Å²) in [4.78, 5) is 29.6. The van der Waals surface area contributed by atoms with E-state index in [4.69, 9.17) is 23.2 Å². The lowest BCUT2D eigenvalue weighted by atomic mass is 10.0. The molecule has 3 aliphatic heterocycles. The van der Waals surface area contributed by atoms with E-state index >= 15 is 0 Å². The fraction of sp³-hybridized carbons (Fsp3) is 0.640. The van der Waals surface area contributed by atoms with Crippen molar-refractivity contribution in [2.75, 3.05) is 63.9 Å². The molecule has 1 unspecified atom stereocenters. The molecule has 1 aromatic rings. The summed E-state index contributed by atoms with van der Waals surface area (Å²) >= 11 is 12.1. The number of nitrogens with zero attached hydrogens (tertiary/aromatic N) is 4. The predicted molar refractivity (Wildman–Crippen MR) is 145 cm³/mol. The van der Waals surface area contributed by atoms with Crippen LogP contribution in [-0.2, 0) is 9.59 Å². The Morgan fingerprint density at radius 1 is 1.08 bits per heavy atom. The molecular weight excluding hydrogens is 501 g/mol. The number of hydrogen-bond acceptors (Lipinski definition) is 7. The summed E-state index contributed by atoms with van der Waals surface area (Å²) in [6.45, 7) is 9.71. The fourth-order valence-electron chi connectivity index (χ4n) is 4.97. The van der Waals surface area contributed by atoms with Crippen LogP contribution >= 0.6 is 23.2 Å². The maximum atomic E-state index is 12.4. The van der Waals surface area contributed by atoms with E-state index in [1.54, 1.807) is 12.1 Å². The maximum absolute atomic E-state index is 12.4. The van der Waals surface area contributed by atoms with E-state index in [2.05, 4.69) is 30.9 Å². The van der Waals surface area contributed by atoms with E-state index in [9.17, 15) is 9.59 Å². The molecule has 9 nitrogen and oxygen atoms in total. The molecule has 2 amide bonds. The van der Waals surface area contributed by atoms with E-state index in [0.29, 0.717) is 54.4 Å². The minimum atomic E-state index is -0.0973. The first-order valence-corrected chi connectivity index (χ1v) is 13.7. The van der Waals surface area contributed by atoms with Gasteiger partial charge in [-0.05, 0) is 50.6 Å². The Bertz CT molecular complexity index is 946. The average Bonchev–Trinajstić information content (AvgIpc) is 3.24. The fourth-order valence-corrected chi connectivity index (χ4v) is 5.26. The lowest BCUT2D eigenvalue weighted by Gasteiger charge is -2.40. The van der Waals surface area contributed by atoms with Gasteiger partial charge in [0.2, 0.25) is 11.8 Å². The van der Waals surface area contributed by atoms with Crippen LogP contribution in [0.5, 0.6) is 0 Å². The van der Waals surface area contributed by atoms with Crippen LogP contribution in [-0.4, -0.2) is 92.4 Å². The van der Waals surface area contributed by atoms with Gasteiger partial charge < -0.3 is 16.0 Å². The molecule has 0 radical (unpaired) electrons. The number of hydrazone groups is 1. The number of piperidine rings is 1. The third-order valence-corrected chi connectivity index (χ3v) is 7.85. The van der Waals surface area contributed by atoms with Gasteiger partial charge in [-0.3, -0.25) is 24.4 Å². The number of amides is 2. The minimum absolute atomic E-state index is 0.0248. The average molecular weight is 539 g/mol. The molecule has 3 aliphatic rings. The Kier molecular flexibility index (Phi) is 9.84. The molecule has 1 aromatic carbocycles. The number of rotatable bonds is 8. The molecule has 0 aromatic heterocycles. The zero-order valence-electron chi connectivity index (χ0n) is 20.9. The molecule has 3 heterocycles. The summed E-state index contributed by atoms with van der Waals surface area (Å²) in [6, 6.07) is 6.04. The largest absolute Gasteiger partial charge is 0.355 e. The maximum Gasteiger partial charge on any atom is 0.234 e. The quantitative estimate of drug-likeness (QED) is 0.440. The molecule has 11 heteroatoms. The van der Waals surface area contributed by atoms with Crippen LogP contribution in [0.4, 0.5) is 5.69 Å². The van der Waals surface area contributed by atoms with Crippen LogP contribution in [0.3, 0.4) is 0 Å². The molecule has 0 bridgehead atoms. The minimum Gasteiger partial charge on any atom is -0.355 e. The number of carbonyl (C=O) groups is 2. The summed E-state index contributed by atoms with van der Waals surface area (Å²) < 4.78 is 0. The van der Waals surface area contributed by atoms with Crippen molar-refractivity contribution in [3.63, 3.8) is 0 Å². The van der Waals surface area contributed by atoms with Crippen LogP contribution in [0.25, 0.3) is 0 Å². The van der Waals surface area contributed by atoms with Crippen molar-refractivity contribution in [3.05, 3.63) is 28.2 Å². The number of hydrogen-bond donors (Lipinski definition) is 3. The van der Waals surface area contributed by atoms with Crippen molar-refractivity contribution in [2.45, 2.75) is 38.6 Å².